The second-order valence-corrected chi connectivity index (χ2v) is 12.9. The molecule has 0 spiro atoms. The topological polar surface area (TPSA) is 29.5 Å². The van der Waals surface area contributed by atoms with E-state index in [9.17, 15) is 0 Å². The zero-order valence-corrected chi connectivity index (χ0v) is 21.5. The van der Waals surface area contributed by atoms with E-state index in [1.807, 2.05) is 12.1 Å². The Bertz CT molecular complexity index is 1170. The molecule has 2 aromatic heterocycles. The van der Waals surface area contributed by atoms with Crippen molar-refractivity contribution in [2.45, 2.75) is 18.6 Å². The fraction of sp³-hybridized carbons (Fsp3) is 0.172. The number of allylic oxidation sites excluding steroid dienone is 3. The van der Waals surface area contributed by atoms with Gasteiger partial charge in [0.2, 0.25) is 0 Å². The maximum absolute atomic E-state index is 6.07. The van der Waals surface area contributed by atoms with E-state index in [0.29, 0.717) is 0 Å². The summed E-state index contributed by atoms with van der Waals surface area (Å²) >= 11 is 0. The number of furan rings is 2. The molecule has 0 saturated carbocycles. The van der Waals surface area contributed by atoms with E-state index in [1.165, 1.54) is 21.5 Å². The lowest BCUT2D eigenvalue weighted by molar-refractivity contribution is 0.348. The Kier molecular flexibility index (Phi) is 6.97. The highest BCUT2D eigenvalue weighted by Gasteiger charge is 2.41. The average Bonchev–Trinajstić information content (AvgIpc) is 3.65. The van der Waals surface area contributed by atoms with E-state index in [-0.39, 0.29) is 11.7 Å². The highest BCUT2D eigenvalue weighted by atomic mass is 31.1. The van der Waals surface area contributed by atoms with Gasteiger partial charge in [-0.2, -0.15) is 0 Å². The number of benzene rings is 2. The third kappa shape index (κ3) is 4.49. The number of nitrogens with zero attached hydrogens (tertiary/aromatic N) is 1. The third-order valence-corrected chi connectivity index (χ3v) is 11.6. The molecule has 0 radical (unpaired) electrons. The Hall–Kier alpha value is -2.70. The first-order chi connectivity index (χ1) is 16.6. The summed E-state index contributed by atoms with van der Waals surface area (Å²) in [5, 5.41) is 4.18. The molecule has 0 unspecified atom stereocenters. The van der Waals surface area contributed by atoms with Crippen LogP contribution in [0.1, 0.15) is 6.92 Å². The quantitative estimate of drug-likeness (QED) is 0.305. The fourth-order valence-corrected chi connectivity index (χ4v) is 10.1. The van der Waals surface area contributed by atoms with E-state index in [1.54, 1.807) is 12.5 Å². The Balaban J connectivity index is 1.69. The Morgan fingerprint density at radius 1 is 0.706 bits per heavy atom. The lowest BCUT2D eigenvalue weighted by Gasteiger charge is -2.35. The van der Waals surface area contributed by atoms with Crippen LogP contribution in [-0.2, 0) is 0 Å². The summed E-state index contributed by atoms with van der Waals surface area (Å²) < 4.78 is 12.1. The molecule has 5 rings (SSSR count). The first-order valence-electron chi connectivity index (χ1n) is 11.5. The largest absolute Gasteiger partial charge is 0.464 e. The van der Waals surface area contributed by atoms with Crippen LogP contribution in [0, 0.1) is 0 Å². The number of likely N-dealkylation sites (N-methyl/N-ethyl adjacent to an activating group) is 1. The van der Waals surface area contributed by atoms with E-state index >= 15 is 0 Å². The first kappa shape index (κ1) is 23.1. The highest BCUT2D eigenvalue weighted by Crippen LogP contribution is 2.59. The van der Waals surface area contributed by atoms with Crippen molar-refractivity contribution >= 4 is 37.5 Å². The highest BCUT2D eigenvalue weighted by molar-refractivity contribution is 7.80. The van der Waals surface area contributed by atoms with Crippen molar-refractivity contribution in [3.05, 3.63) is 120 Å². The molecule has 4 aromatic rings. The summed E-state index contributed by atoms with van der Waals surface area (Å²) in [5.74, 6) is 0. The second-order valence-electron chi connectivity index (χ2n) is 8.58. The molecule has 0 N–H and O–H groups in total. The Morgan fingerprint density at radius 3 is 1.68 bits per heavy atom. The van der Waals surface area contributed by atoms with Crippen LogP contribution in [0.4, 0.5) is 0 Å². The van der Waals surface area contributed by atoms with Crippen molar-refractivity contribution in [3.8, 4) is 0 Å². The number of hydrogen-bond acceptors (Lipinski definition) is 3. The molecule has 2 aromatic carbocycles. The third-order valence-electron chi connectivity index (χ3n) is 6.33. The fourth-order valence-electron chi connectivity index (χ4n) is 4.46. The molecular weight excluding hydrogens is 456 g/mol. The van der Waals surface area contributed by atoms with Crippen LogP contribution in [0.5, 0.6) is 0 Å². The number of hydrogen-bond donors (Lipinski definition) is 0. The molecule has 1 aliphatic rings. The van der Waals surface area contributed by atoms with Gasteiger partial charge in [0.05, 0.1) is 12.5 Å². The standard InChI is InChI=1S/C29H29NO2P2/c1-22(30(2)3)25-18-19-26(29(25)34(27-16-10-20-31-27)28-17-11-21-32-28)33(23-12-6-4-7-13-23)24-14-8-5-9-15-24/h4-22,29H,1-3H3/t22-,29+/m0/s1. The lowest BCUT2D eigenvalue weighted by Crippen LogP contribution is -2.34. The summed E-state index contributed by atoms with van der Waals surface area (Å²) in [6, 6.07) is 30.3. The summed E-state index contributed by atoms with van der Waals surface area (Å²) in [6.45, 7) is 2.29. The Morgan fingerprint density at radius 2 is 1.24 bits per heavy atom. The molecule has 1 aliphatic carbocycles. The smallest absolute Gasteiger partial charge is 0.134 e. The lowest BCUT2D eigenvalue weighted by atomic mass is 10.1. The summed E-state index contributed by atoms with van der Waals surface area (Å²) in [5.41, 5.74) is 3.60. The van der Waals surface area contributed by atoms with E-state index in [0.717, 1.165) is 11.0 Å². The van der Waals surface area contributed by atoms with Gasteiger partial charge in [-0.15, -0.1) is 0 Å². The molecule has 0 bridgehead atoms. The summed E-state index contributed by atoms with van der Waals surface area (Å²) in [4.78, 5) is 2.29. The van der Waals surface area contributed by atoms with E-state index < -0.39 is 15.8 Å². The predicted molar refractivity (Wildman–Crippen MR) is 146 cm³/mol. The monoisotopic (exact) mass is 485 g/mol. The van der Waals surface area contributed by atoms with Crippen molar-refractivity contribution in [1.29, 1.82) is 0 Å². The van der Waals surface area contributed by atoms with Crippen LogP contribution < -0.4 is 21.6 Å². The van der Waals surface area contributed by atoms with Crippen LogP contribution in [0.3, 0.4) is 0 Å². The molecule has 2 heterocycles. The van der Waals surface area contributed by atoms with Crippen LogP contribution in [0.25, 0.3) is 0 Å². The van der Waals surface area contributed by atoms with E-state index in [4.69, 9.17) is 8.83 Å². The van der Waals surface area contributed by atoms with Gasteiger partial charge in [0.1, 0.15) is 11.0 Å². The van der Waals surface area contributed by atoms with Gasteiger partial charge in [0, 0.05) is 19.6 Å². The molecule has 0 amide bonds. The van der Waals surface area contributed by atoms with Crippen LogP contribution >= 0.6 is 15.8 Å². The molecule has 172 valence electrons. The molecule has 0 aliphatic heterocycles. The molecule has 3 nitrogen and oxygen atoms in total. The predicted octanol–water partition coefficient (Wildman–Crippen LogP) is 5.58. The van der Waals surface area contributed by atoms with Gasteiger partial charge < -0.3 is 13.7 Å². The Labute approximate surface area is 204 Å². The number of rotatable bonds is 8. The van der Waals surface area contributed by atoms with Gasteiger partial charge in [-0.1, -0.05) is 72.8 Å². The zero-order chi connectivity index (χ0) is 23.5. The minimum absolute atomic E-state index is 0.191. The van der Waals surface area contributed by atoms with Crippen LogP contribution in [0.15, 0.2) is 129 Å². The summed E-state index contributed by atoms with van der Waals surface area (Å²) in [7, 11) is 2.68. The van der Waals surface area contributed by atoms with E-state index in [2.05, 4.69) is 111 Å². The maximum Gasteiger partial charge on any atom is 0.134 e. The van der Waals surface area contributed by atoms with Gasteiger partial charge in [0.25, 0.3) is 0 Å². The van der Waals surface area contributed by atoms with Crippen LogP contribution in [0.2, 0.25) is 0 Å². The molecule has 0 saturated heterocycles. The van der Waals surface area contributed by atoms with Gasteiger partial charge in [0.15, 0.2) is 0 Å². The van der Waals surface area contributed by atoms with Gasteiger partial charge in [-0.3, -0.25) is 0 Å². The van der Waals surface area contributed by atoms with Crippen molar-refractivity contribution in [2.75, 3.05) is 14.1 Å². The van der Waals surface area contributed by atoms with Crippen molar-refractivity contribution in [1.82, 2.24) is 4.90 Å². The van der Waals surface area contributed by atoms with Gasteiger partial charge >= 0.3 is 0 Å². The maximum atomic E-state index is 6.07. The van der Waals surface area contributed by atoms with Gasteiger partial charge in [-0.25, -0.2) is 0 Å². The van der Waals surface area contributed by atoms with Crippen molar-refractivity contribution < 1.29 is 8.83 Å². The van der Waals surface area contributed by atoms with Crippen LogP contribution in [-0.4, -0.2) is 30.7 Å². The minimum Gasteiger partial charge on any atom is -0.464 e. The van der Waals surface area contributed by atoms with Crippen molar-refractivity contribution in [3.63, 3.8) is 0 Å². The molecule has 2 atom stereocenters. The minimum atomic E-state index is -0.907. The zero-order valence-electron chi connectivity index (χ0n) is 19.7. The van der Waals surface area contributed by atoms with Gasteiger partial charge in [-0.05, 0) is 74.7 Å². The first-order valence-corrected chi connectivity index (χ1v) is 14.2. The average molecular weight is 486 g/mol. The summed E-state index contributed by atoms with van der Waals surface area (Å²) in [6.07, 6.45) is 8.30. The second kappa shape index (κ2) is 10.3. The SMILES string of the molecule is C[C@@H](C1=CC=C(P(c2ccccc2)c2ccccc2)[C@@H]1P(c1ccco1)c1ccco1)N(C)C. The molecular formula is C29H29NO2P2. The normalized spacial score (nSPS) is 16.8. The molecule has 34 heavy (non-hydrogen) atoms. The molecule has 5 heteroatoms. The van der Waals surface area contributed by atoms with Crippen molar-refractivity contribution in [2.24, 2.45) is 0 Å². The molecule has 0 fully saturated rings.